The van der Waals surface area contributed by atoms with Crippen LogP contribution < -0.4 is 15.2 Å². The summed E-state index contributed by atoms with van der Waals surface area (Å²) in [6.07, 6.45) is 0. The van der Waals surface area contributed by atoms with Gasteiger partial charge in [-0.15, -0.1) is 0 Å². The molecule has 0 saturated heterocycles. The van der Waals surface area contributed by atoms with E-state index in [1.54, 1.807) is 59.5 Å². The normalized spacial score (nSPS) is 17.7. The Labute approximate surface area is 241 Å². The van der Waals surface area contributed by atoms with E-state index >= 15 is 0 Å². The Morgan fingerprint density at radius 2 is 1.63 bits per heavy atom. The van der Waals surface area contributed by atoms with Gasteiger partial charge in [-0.2, -0.15) is 0 Å². The van der Waals surface area contributed by atoms with E-state index in [-0.39, 0.29) is 28.6 Å². The predicted molar refractivity (Wildman–Crippen MR) is 159 cm³/mol. The molecule has 0 aliphatic carbocycles. The van der Waals surface area contributed by atoms with Crippen LogP contribution in [-0.2, 0) is 16.9 Å². The number of aromatic nitrogens is 1. The molecule has 1 atom stereocenters. The Morgan fingerprint density at radius 3 is 2.49 bits per heavy atom. The third-order valence-electron chi connectivity index (χ3n) is 7.75. The lowest BCUT2D eigenvalue weighted by atomic mass is 9.84. The van der Waals surface area contributed by atoms with Crippen LogP contribution in [-0.4, -0.2) is 16.8 Å². The number of nitrogens with zero attached hydrogens (tertiary/aromatic N) is 3. The molecular weight excluding hydrogens is 558 g/mol. The summed E-state index contributed by atoms with van der Waals surface area (Å²) in [6.45, 7) is 0.254. The van der Waals surface area contributed by atoms with Crippen molar-refractivity contribution in [3.8, 4) is 0 Å². The maximum Gasteiger partial charge on any atom is 0.297 e. The molecule has 0 fully saturated rings. The fourth-order valence-electron chi connectivity index (χ4n) is 6.01. The third kappa shape index (κ3) is 3.20. The van der Waals surface area contributed by atoms with Crippen LogP contribution in [0.15, 0.2) is 106 Å². The molecule has 0 N–H and O–H groups in total. The fourth-order valence-corrected chi connectivity index (χ4v) is 7.31. The van der Waals surface area contributed by atoms with Crippen LogP contribution in [0, 0.1) is 0 Å². The molecule has 1 unspecified atom stereocenters. The molecule has 2 aliphatic heterocycles. The van der Waals surface area contributed by atoms with Gasteiger partial charge in [0.25, 0.3) is 11.8 Å². The van der Waals surface area contributed by atoms with E-state index in [1.807, 2.05) is 42.5 Å². The van der Waals surface area contributed by atoms with Crippen molar-refractivity contribution in [2.75, 3.05) is 9.80 Å². The topological polar surface area (TPSA) is 83.7 Å². The van der Waals surface area contributed by atoms with E-state index in [0.717, 1.165) is 10.3 Å². The lowest BCUT2D eigenvalue weighted by molar-refractivity contribution is -0.121. The molecule has 4 aromatic carbocycles. The molecule has 7 nitrogen and oxygen atoms in total. The number of anilines is 2. The number of halogens is 1. The summed E-state index contributed by atoms with van der Waals surface area (Å²) in [5, 5.41) is 1.09. The van der Waals surface area contributed by atoms with Crippen LogP contribution in [0.1, 0.15) is 27.2 Å². The van der Waals surface area contributed by atoms with Crippen molar-refractivity contribution in [1.29, 1.82) is 0 Å². The molecule has 2 aliphatic rings. The second-order valence-corrected chi connectivity index (χ2v) is 11.4. The smallest absolute Gasteiger partial charge is 0.297 e. The van der Waals surface area contributed by atoms with Gasteiger partial charge in [0.15, 0.2) is 16.1 Å². The van der Waals surface area contributed by atoms with E-state index in [1.165, 1.54) is 16.2 Å². The molecular formula is C32H18ClN3O4S. The quantitative estimate of drug-likeness (QED) is 0.240. The number of fused-ring (bicyclic) bond motifs is 6. The Kier molecular flexibility index (Phi) is 5.04. The van der Waals surface area contributed by atoms with Crippen LogP contribution in [0.5, 0.6) is 0 Å². The minimum absolute atomic E-state index is 0.00602. The molecule has 4 heterocycles. The number of hydrogen-bond donors (Lipinski definition) is 0. The highest BCUT2D eigenvalue weighted by Gasteiger charge is 2.66. The van der Waals surface area contributed by atoms with Crippen LogP contribution in [0.25, 0.3) is 21.2 Å². The molecule has 6 aromatic rings. The summed E-state index contributed by atoms with van der Waals surface area (Å²) >= 11 is 7.49. The third-order valence-corrected chi connectivity index (χ3v) is 8.98. The Morgan fingerprint density at radius 1 is 0.878 bits per heavy atom. The highest BCUT2D eigenvalue weighted by molar-refractivity contribution is 7.22. The summed E-state index contributed by atoms with van der Waals surface area (Å²) in [5.41, 5.74) is 0.717. The van der Waals surface area contributed by atoms with Crippen molar-refractivity contribution in [3.63, 3.8) is 0 Å². The van der Waals surface area contributed by atoms with Gasteiger partial charge in [-0.3, -0.25) is 19.3 Å². The summed E-state index contributed by atoms with van der Waals surface area (Å²) in [7, 11) is 0. The number of carbonyl (C=O) groups excluding carboxylic acids is 2. The maximum absolute atomic E-state index is 14.9. The molecule has 0 saturated carbocycles. The van der Waals surface area contributed by atoms with E-state index in [4.69, 9.17) is 21.0 Å². The SMILES string of the molecule is O=C1c2oc3ccccc3c(=O)c2C2(C(=O)N(Cc3ccccc3)c3ccccc32)N1c1nc2ccc(Cl)cc2s1. The minimum Gasteiger partial charge on any atom is -0.450 e. The molecule has 0 bridgehead atoms. The largest absolute Gasteiger partial charge is 0.450 e. The maximum atomic E-state index is 14.9. The number of thiazole rings is 1. The predicted octanol–water partition coefficient (Wildman–Crippen LogP) is 6.51. The Hall–Kier alpha value is -4.79. The highest BCUT2D eigenvalue weighted by Crippen LogP contribution is 2.55. The first kappa shape index (κ1) is 24.0. The zero-order chi connectivity index (χ0) is 27.9. The number of amides is 2. The average molecular weight is 576 g/mol. The van der Waals surface area contributed by atoms with Crippen molar-refractivity contribution >= 4 is 66.8 Å². The lowest BCUT2D eigenvalue weighted by Crippen LogP contribution is -2.53. The zero-order valence-electron chi connectivity index (χ0n) is 21.2. The number of hydrogen-bond acceptors (Lipinski definition) is 6. The first-order chi connectivity index (χ1) is 20.0. The molecule has 1 spiro atoms. The highest BCUT2D eigenvalue weighted by atomic mass is 35.5. The zero-order valence-corrected chi connectivity index (χ0v) is 22.8. The Balaban J connectivity index is 1.46. The van der Waals surface area contributed by atoms with Crippen molar-refractivity contribution in [1.82, 2.24) is 4.98 Å². The first-order valence-corrected chi connectivity index (χ1v) is 14.1. The lowest BCUT2D eigenvalue weighted by Gasteiger charge is -2.32. The average Bonchev–Trinajstić information content (AvgIpc) is 3.59. The molecule has 198 valence electrons. The van der Waals surface area contributed by atoms with Gasteiger partial charge in [-0.25, -0.2) is 4.98 Å². The van der Waals surface area contributed by atoms with Gasteiger partial charge < -0.3 is 9.32 Å². The summed E-state index contributed by atoms with van der Waals surface area (Å²) in [4.78, 5) is 51.4. The van der Waals surface area contributed by atoms with Gasteiger partial charge in [0, 0.05) is 10.6 Å². The second kappa shape index (κ2) is 8.60. The summed E-state index contributed by atoms with van der Waals surface area (Å²) in [5.74, 6) is -1.18. The molecule has 2 aromatic heterocycles. The molecule has 2 amide bonds. The van der Waals surface area contributed by atoms with Crippen molar-refractivity contribution < 1.29 is 14.0 Å². The van der Waals surface area contributed by atoms with Crippen LogP contribution >= 0.6 is 22.9 Å². The molecule has 9 heteroatoms. The summed E-state index contributed by atoms with van der Waals surface area (Å²) in [6, 6.07) is 28.9. The minimum atomic E-state index is -1.81. The van der Waals surface area contributed by atoms with E-state index in [9.17, 15) is 14.4 Å². The van der Waals surface area contributed by atoms with Gasteiger partial charge in [-0.05, 0) is 42.0 Å². The standard InChI is InChI=1S/C32H18ClN3O4S/c33-19-14-15-22-25(16-19)41-31(34-22)36-29(38)28-26(27(37)20-10-4-7-13-24(20)40-28)32(36)21-11-5-6-12-23(21)35(30(32)39)17-18-8-2-1-3-9-18/h1-16H,17H2. The Bertz CT molecular complexity index is 2140. The van der Waals surface area contributed by atoms with Crippen LogP contribution in [0.4, 0.5) is 10.8 Å². The first-order valence-electron chi connectivity index (χ1n) is 12.9. The molecule has 41 heavy (non-hydrogen) atoms. The van der Waals surface area contributed by atoms with E-state index in [0.29, 0.717) is 27.2 Å². The van der Waals surface area contributed by atoms with E-state index in [2.05, 4.69) is 0 Å². The van der Waals surface area contributed by atoms with Crippen molar-refractivity contribution in [3.05, 3.63) is 135 Å². The van der Waals surface area contributed by atoms with Crippen molar-refractivity contribution in [2.24, 2.45) is 0 Å². The summed E-state index contributed by atoms with van der Waals surface area (Å²) < 4.78 is 6.89. The van der Waals surface area contributed by atoms with Gasteiger partial charge >= 0.3 is 0 Å². The van der Waals surface area contributed by atoms with E-state index < -0.39 is 22.8 Å². The van der Waals surface area contributed by atoms with Crippen molar-refractivity contribution in [2.45, 2.75) is 12.1 Å². The number of benzene rings is 4. The molecule has 0 radical (unpaired) electrons. The monoisotopic (exact) mass is 575 g/mol. The van der Waals surface area contributed by atoms with Gasteiger partial charge in [0.05, 0.1) is 33.4 Å². The van der Waals surface area contributed by atoms with Gasteiger partial charge in [0.1, 0.15) is 5.58 Å². The number of rotatable bonds is 3. The number of carbonyl (C=O) groups is 2. The fraction of sp³-hybridized carbons (Fsp3) is 0.0625. The number of para-hydroxylation sites is 2. The van der Waals surface area contributed by atoms with Gasteiger partial charge in [0.2, 0.25) is 5.76 Å². The van der Waals surface area contributed by atoms with Crippen LogP contribution in [0.3, 0.4) is 0 Å². The molecule has 8 rings (SSSR count). The second-order valence-electron chi connectivity index (χ2n) is 9.98. The van der Waals surface area contributed by atoms with Crippen LogP contribution in [0.2, 0.25) is 5.02 Å². The van der Waals surface area contributed by atoms with Gasteiger partial charge in [-0.1, -0.05) is 83.6 Å².